The molecular formula is C12H25O3P. The van der Waals surface area contributed by atoms with Crippen molar-refractivity contribution in [3.63, 3.8) is 0 Å². The molecule has 4 heteroatoms. The van der Waals surface area contributed by atoms with Gasteiger partial charge < -0.3 is 9.05 Å². The van der Waals surface area contributed by atoms with E-state index in [9.17, 15) is 4.57 Å². The van der Waals surface area contributed by atoms with Gasteiger partial charge in [0, 0.05) is 5.41 Å². The molecule has 1 heterocycles. The predicted octanol–water partition coefficient (Wildman–Crippen LogP) is 4.18. The first-order chi connectivity index (χ1) is 7.64. The van der Waals surface area contributed by atoms with Crippen molar-refractivity contribution in [3.05, 3.63) is 0 Å². The van der Waals surface area contributed by atoms with Gasteiger partial charge in [0.05, 0.1) is 12.7 Å². The monoisotopic (exact) mass is 248 g/mol. The normalized spacial score (nSPS) is 29.2. The van der Waals surface area contributed by atoms with Crippen LogP contribution < -0.4 is 0 Å². The number of hydrogen-bond acceptors (Lipinski definition) is 3. The van der Waals surface area contributed by atoms with Crippen molar-refractivity contribution in [2.75, 3.05) is 6.61 Å². The Labute approximate surface area is 99.9 Å². The van der Waals surface area contributed by atoms with Crippen LogP contribution in [0.25, 0.3) is 0 Å². The molecule has 0 aromatic carbocycles. The van der Waals surface area contributed by atoms with E-state index in [1.165, 1.54) is 25.7 Å². The summed E-state index contributed by atoms with van der Waals surface area (Å²) in [6.45, 7) is 7.07. The summed E-state index contributed by atoms with van der Waals surface area (Å²) in [5, 5.41) is 0. The molecule has 0 radical (unpaired) electrons. The van der Waals surface area contributed by atoms with Gasteiger partial charge >= 0.3 is 8.25 Å². The first kappa shape index (κ1) is 14.2. The second-order valence-electron chi connectivity index (χ2n) is 4.87. The van der Waals surface area contributed by atoms with Gasteiger partial charge in [0.15, 0.2) is 0 Å². The highest BCUT2D eigenvalue weighted by molar-refractivity contribution is 7.33. The maximum Gasteiger partial charge on any atom is 0.319 e. The maximum absolute atomic E-state index is 11.2. The summed E-state index contributed by atoms with van der Waals surface area (Å²) in [4.78, 5) is 0. The third kappa shape index (κ3) is 3.58. The van der Waals surface area contributed by atoms with Crippen molar-refractivity contribution in [3.8, 4) is 0 Å². The van der Waals surface area contributed by atoms with E-state index in [-0.39, 0.29) is 11.5 Å². The summed E-state index contributed by atoms with van der Waals surface area (Å²) in [5.74, 6) is 0. The first-order valence-corrected chi connectivity index (χ1v) is 7.70. The number of hydrogen-bond donors (Lipinski definition) is 0. The number of rotatable bonds is 6. The fourth-order valence-corrected chi connectivity index (χ4v) is 3.37. The molecule has 1 rings (SSSR count). The molecule has 96 valence electrons. The van der Waals surface area contributed by atoms with Gasteiger partial charge in [-0.3, -0.25) is 4.57 Å². The van der Waals surface area contributed by atoms with E-state index < -0.39 is 8.25 Å². The molecule has 2 atom stereocenters. The summed E-state index contributed by atoms with van der Waals surface area (Å²) in [6.07, 6.45) is 7.10. The smallest absolute Gasteiger partial charge is 0.310 e. The van der Waals surface area contributed by atoms with Gasteiger partial charge in [0.2, 0.25) is 0 Å². The summed E-state index contributed by atoms with van der Waals surface area (Å²) >= 11 is 0. The second-order valence-corrected chi connectivity index (χ2v) is 5.89. The largest absolute Gasteiger partial charge is 0.319 e. The van der Waals surface area contributed by atoms with Gasteiger partial charge in [-0.1, -0.05) is 39.5 Å². The maximum atomic E-state index is 11.2. The average Bonchev–Trinajstić information content (AvgIpc) is 2.27. The minimum absolute atomic E-state index is 0.0748. The molecule has 0 saturated carbocycles. The lowest BCUT2D eigenvalue weighted by Crippen LogP contribution is -2.41. The van der Waals surface area contributed by atoms with Crippen LogP contribution in [-0.2, 0) is 13.6 Å². The molecule has 1 aliphatic heterocycles. The van der Waals surface area contributed by atoms with E-state index in [4.69, 9.17) is 9.05 Å². The van der Waals surface area contributed by atoms with Crippen molar-refractivity contribution in [2.24, 2.45) is 5.41 Å². The van der Waals surface area contributed by atoms with Gasteiger partial charge in [-0.15, -0.1) is 0 Å². The van der Waals surface area contributed by atoms with Crippen LogP contribution in [0, 0.1) is 5.41 Å². The molecule has 0 N–H and O–H groups in total. The molecule has 0 aliphatic carbocycles. The number of unbranched alkanes of at least 4 members (excludes halogenated alkanes) is 2. The molecule has 1 fully saturated rings. The molecule has 1 saturated heterocycles. The Hall–Kier alpha value is 0.150. The Morgan fingerprint density at radius 1 is 1.25 bits per heavy atom. The van der Waals surface area contributed by atoms with Crippen LogP contribution in [0.15, 0.2) is 0 Å². The highest BCUT2D eigenvalue weighted by Gasteiger charge is 2.40. The lowest BCUT2D eigenvalue weighted by Gasteiger charge is -2.41. The van der Waals surface area contributed by atoms with Gasteiger partial charge in [0.25, 0.3) is 0 Å². The van der Waals surface area contributed by atoms with Gasteiger partial charge in [-0.05, 0) is 19.8 Å². The Morgan fingerprint density at radius 2 is 1.81 bits per heavy atom. The first-order valence-electron chi connectivity index (χ1n) is 6.48. The standard InChI is InChI=1S/C12H25O3P/c1-4-6-8-12(9-7-5-2)10-14-16(13)15-11(12)3/h11,16H,4-10H2,1-3H3. The van der Waals surface area contributed by atoms with E-state index in [2.05, 4.69) is 20.8 Å². The van der Waals surface area contributed by atoms with Crippen molar-refractivity contribution in [1.82, 2.24) is 0 Å². The quantitative estimate of drug-likeness (QED) is 0.661. The lowest BCUT2D eigenvalue weighted by atomic mass is 9.75. The van der Waals surface area contributed by atoms with Crippen molar-refractivity contribution >= 4 is 8.25 Å². The molecule has 3 nitrogen and oxygen atoms in total. The molecule has 2 unspecified atom stereocenters. The third-order valence-corrected chi connectivity index (χ3v) is 4.60. The molecule has 0 aromatic rings. The molecular weight excluding hydrogens is 223 g/mol. The fraction of sp³-hybridized carbons (Fsp3) is 1.00. The Bertz CT molecular complexity index is 222. The topological polar surface area (TPSA) is 35.5 Å². The van der Waals surface area contributed by atoms with Crippen LogP contribution in [0.5, 0.6) is 0 Å². The molecule has 1 aliphatic rings. The van der Waals surface area contributed by atoms with E-state index in [1.54, 1.807) is 0 Å². The van der Waals surface area contributed by atoms with Gasteiger partial charge in [-0.2, -0.15) is 0 Å². The summed E-state index contributed by atoms with van der Waals surface area (Å²) in [6, 6.07) is 0. The molecule has 0 aromatic heterocycles. The van der Waals surface area contributed by atoms with E-state index in [0.29, 0.717) is 6.61 Å². The van der Waals surface area contributed by atoms with Crippen LogP contribution in [0.3, 0.4) is 0 Å². The summed E-state index contributed by atoms with van der Waals surface area (Å²) < 4.78 is 22.0. The van der Waals surface area contributed by atoms with Crippen molar-refractivity contribution < 1.29 is 13.6 Å². The van der Waals surface area contributed by atoms with Crippen molar-refractivity contribution in [2.45, 2.75) is 65.4 Å². The zero-order valence-corrected chi connectivity index (χ0v) is 11.8. The summed E-state index contributed by atoms with van der Waals surface area (Å²) in [7, 11) is -2.21. The average molecular weight is 248 g/mol. The summed E-state index contributed by atoms with van der Waals surface area (Å²) in [5.41, 5.74) is 0.102. The lowest BCUT2D eigenvalue weighted by molar-refractivity contribution is -0.0413. The Kier molecular flexibility index (Phi) is 6.02. The molecule has 0 spiro atoms. The zero-order valence-electron chi connectivity index (χ0n) is 10.8. The molecule has 16 heavy (non-hydrogen) atoms. The van der Waals surface area contributed by atoms with E-state index in [1.807, 2.05) is 0 Å². The van der Waals surface area contributed by atoms with Gasteiger partial charge in [-0.25, -0.2) is 0 Å². The van der Waals surface area contributed by atoms with E-state index >= 15 is 0 Å². The molecule has 0 amide bonds. The van der Waals surface area contributed by atoms with E-state index in [0.717, 1.165) is 12.8 Å². The Balaban J connectivity index is 2.64. The zero-order chi connectivity index (χ0) is 12.0. The highest BCUT2D eigenvalue weighted by Crippen LogP contribution is 2.47. The minimum atomic E-state index is -2.21. The van der Waals surface area contributed by atoms with Crippen molar-refractivity contribution in [1.29, 1.82) is 0 Å². The SMILES string of the molecule is CCCCC1(CCCC)CO[PH](=O)OC1C. The van der Waals surface area contributed by atoms with Crippen LogP contribution in [0.4, 0.5) is 0 Å². The van der Waals surface area contributed by atoms with Crippen LogP contribution in [-0.4, -0.2) is 12.7 Å². The van der Waals surface area contributed by atoms with Crippen LogP contribution in [0.2, 0.25) is 0 Å². The fourth-order valence-electron chi connectivity index (χ4n) is 2.36. The minimum Gasteiger partial charge on any atom is -0.310 e. The highest BCUT2D eigenvalue weighted by atomic mass is 31.1. The predicted molar refractivity (Wildman–Crippen MR) is 67.0 cm³/mol. The van der Waals surface area contributed by atoms with Gasteiger partial charge in [0.1, 0.15) is 0 Å². The third-order valence-electron chi connectivity index (χ3n) is 3.67. The molecule has 0 bridgehead atoms. The second kappa shape index (κ2) is 6.78. The Morgan fingerprint density at radius 3 is 2.25 bits per heavy atom. The van der Waals surface area contributed by atoms with Crippen LogP contribution in [0.1, 0.15) is 59.3 Å². The van der Waals surface area contributed by atoms with Crippen LogP contribution >= 0.6 is 8.25 Å².